The summed E-state index contributed by atoms with van der Waals surface area (Å²) in [6, 6.07) is 0.923. The average molecular weight is 654 g/mol. The molecule has 2 unspecified atom stereocenters. The number of rotatable bonds is 12. The summed E-state index contributed by atoms with van der Waals surface area (Å²) in [7, 11) is 0. The van der Waals surface area contributed by atoms with Crippen molar-refractivity contribution >= 4 is 23.6 Å². The molecule has 1 heterocycles. The fraction of sp³-hybridized carbons (Fsp3) is 0.654. The molecule has 2 rings (SSSR count). The monoisotopic (exact) mass is 653 g/mol. The first-order valence-electron chi connectivity index (χ1n) is 13.3. The molecule has 2 N–H and O–H groups in total. The van der Waals surface area contributed by atoms with Gasteiger partial charge in [0.2, 0.25) is 6.29 Å². The maximum atomic E-state index is 13.4. The lowest BCUT2D eigenvalue weighted by molar-refractivity contribution is -0.314. The van der Waals surface area contributed by atoms with Gasteiger partial charge in [0.15, 0.2) is 0 Å². The Kier molecular flexibility index (Phi) is 12.7. The van der Waals surface area contributed by atoms with Crippen molar-refractivity contribution < 1.29 is 68.1 Å². The van der Waals surface area contributed by atoms with E-state index in [2.05, 4.69) is 15.4 Å². The lowest BCUT2D eigenvalue weighted by Crippen LogP contribution is -2.57. The maximum absolute atomic E-state index is 13.4. The highest BCUT2D eigenvalue weighted by molar-refractivity contribution is 5.76. The molecule has 0 aromatic heterocycles. The molecule has 18 heteroatoms. The van der Waals surface area contributed by atoms with Gasteiger partial charge in [0.1, 0.15) is 6.04 Å². The van der Waals surface area contributed by atoms with Crippen molar-refractivity contribution in [2.75, 3.05) is 31.5 Å². The second-order valence-electron chi connectivity index (χ2n) is 10.1. The molecular formula is C26H32F9N3O6. The van der Waals surface area contributed by atoms with Gasteiger partial charge >= 0.3 is 36.4 Å². The van der Waals surface area contributed by atoms with Crippen molar-refractivity contribution in [3.63, 3.8) is 0 Å². The summed E-state index contributed by atoms with van der Waals surface area (Å²) in [6.45, 7) is 3.82. The number of anilines is 1. The highest BCUT2D eigenvalue weighted by Gasteiger charge is 2.60. The van der Waals surface area contributed by atoms with E-state index >= 15 is 0 Å². The molecule has 1 aliphatic rings. The molecule has 0 bridgehead atoms. The number of hydrogen-bond donors (Lipinski definition) is 2. The van der Waals surface area contributed by atoms with Crippen molar-refractivity contribution in [3.8, 4) is 0 Å². The molecule has 0 saturated carbocycles. The van der Waals surface area contributed by atoms with Crippen molar-refractivity contribution in [2.24, 2.45) is 5.92 Å². The molecule has 44 heavy (non-hydrogen) atoms. The van der Waals surface area contributed by atoms with E-state index in [1.54, 1.807) is 13.8 Å². The summed E-state index contributed by atoms with van der Waals surface area (Å²) in [5.41, 5.74) is -1.02. The zero-order valence-electron chi connectivity index (χ0n) is 23.8. The average Bonchev–Trinajstić information content (AvgIpc) is 2.88. The summed E-state index contributed by atoms with van der Waals surface area (Å²) in [4.78, 5) is 37.3. The van der Waals surface area contributed by atoms with Gasteiger partial charge in [-0.25, -0.2) is 0 Å². The van der Waals surface area contributed by atoms with Crippen LogP contribution < -0.4 is 10.6 Å². The van der Waals surface area contributed by atoms with Gasteiger partial charge in [-0.1, -0.05) is 19.9 Å². The van der Waals surface area contributed by atoms with E-state index in [0.29, 0.717) is 0 Å². The number of carbonyl (C=O) groups is 3. The zero-order chi connectivity index (χ0) is 33.5. The summed E-state index contributed by atoms with van der Waals surface area (Å²) >= 11 is 0. The van der Waals surface area contributed by atoms with Crippen LogP contribution in [0.2, 0.25) is 0 Å². The van der Waals surface area contributed by atoms with Crippen LogP contribution in [0.1, 0.15) is 44.7 Å². The van der Waals surface area contributed by atoms with E-state index in [1.165, 1.54) is 11.8 Å². The number of carbonyl (C=O) groups excluding carboxylic acids is 3. The molecule has 0 amide bonds. The third-order valence-electron chi connectivity index (χ3n) is 6.19. The van der Waals surface area contributed by atoms with Crippen LogP contribution in [0.4, 0.5) is 45.2 Å². The van der Waals surface area contributed by atoms with Crippen LogP contribution in [0.3, 0.4) is 0 Å². The Morgan fingerprint density at radius 2 is 1.61 bits per heavy atom. The fourth-order valence-electron chi connectivity index (χ4n) is 3.98. The molecule has 2 atom stereocenters. The van der Waals surface area contributed by atoms with Gasteiger partial charge < -0.3 is 24.8 Å². The van der Waals surface area contributed by atoms with Crippen LogP contribution in [0, 0.1) is 5.92 Å². The van der Waals surface area contributed by atoms with Gasteiger partial charge in [0.25, 0.3) is 6.10 Å². The first-order valence-corrected chi connectivity index (χ1v) is 13.3. The van der Waals surface area contributed by atoms with E-state index in [0.717, 1.165) is 18.2 Å². The van der Waals surface area contributed by atoms with Gasteiger partial charge in [-0.15, -0.1) is 0 Å². The first-order chi connectivity index (χ1) is 20.2. The van der Waals surface area contributed by atoms with Crippen LogP contribution in [0.25, 0.3) is 0 Å². The lowest BCUT2D eigenvalue weighted by atomic mass is 10.1. The molecule has 1 aliphatic heterocycles. The van der Waals surface area contributed by atoms with Crippen molar-refractivity contribution in [1.29, 1.82) is 0 Å². The second-order valence-corrected chi connectivity index (χ2v) is 10.1. The van der Waals surface area contributed by atoms with Gasteiger partial charge in [-0.3, -0.25) is 19.3 Å². The minimum atomic E-state index is -5.92. The second kappa shape index (κ2) is 15.1. The Morgan fingerprint density at radius 3 is 2.18 bits per heavy atom. The Hall–Kier alpha value is -3.28. The van der Waals surface area contributed by atoms with Crippen molar-refractivity contribution in [3.05, 3.63) is 29.3 Å². The zero-order valence-corrected chi connectivity index (χ0v) is 23.8. The number of nitrogens with zero attached hydrogens (tertiary/aromatic N) is 1. The third kappa shape index (κ3) is 11.3. The summed E-state index contributed by atoms with van der Waals surface area (Å²) in [5, 5.41) is 5.40. The van der Waals surface area contributed by atoms with Crippen LogP contribution in [0.5, 0.6) is 0 Å². The highest BCUT2D eigenvalue weighted by Crippen LogP contribution is 2.37. The number of ether oxygens (including phenoxy) is 3. The maximum Gasteiger partial charge on any atom is 0.434 e. The molecule has 1 aromatic rings. The number of nitrogens with one attached hydrogen (secondary N) is 2. The smallest absolute Gasteiger partial charge is 0.434 e. The first kappa shape index (κ1) is 36.9. The van der Waals surface area contributed by atoms with E-state index in [-0.39, 0.29) is 56.8 Å². The molecule has 9 nitrogen and oxygen atoms in total. The molecule has 0 spiro atoms. The predicted molar refractivity (Wildman–Crippen MR) is 135 cm³/mol. The van der Waals surface area contributed by atoms with Crippen molar-refractivity contribution in [2.45, 2.75) is 77.1 Å². The lowest BCUT2D eigenvalue weighted by Gasteiger charge is -2.36. The van der Waals surface area contributed by atoms with E-state index in [9.17, 15) is 53.9 Å². The Labute approximate surface area is 246 Å². The molecule has 1 fully saturated rings. The number of hydrogen-bond acceptors (Lipinski definition) is 9. The largest absolute Gasteiger partial charge is 0.442 e. The van der Waals surface area contributed by atoms with Gasteiger partial charge in [0, 0.05) is 51.8 Å². The minimum absolute atomic E-state index is 0.0538. The van der Waals surface area contributed by atoms with Gasteiger partial charge in [-0.05, 0) is 24.1 Å². The predicted octanol–water partition coefficient (Wildman–Crippen LogP) is 4.80. The molecule has 250 valence electrons. The summed E-state index contributed by atoms with van der Waals surface area (Å²) in [5.74, 6) is -3.62. The van der Waals surface area contributed by atoms with Crippen LogP contribution in [0.15, 0.2) is 18.2 Å². The van der Waals surface area contributed by atoms with E-state index < -0.39 is 66.4 Å². The minimum Gasteiger partial charge on any atom is -0.442 e. The number of benzene rings is 1. The normalized spacial score (nSPS) is 17.4. The van der Waals surface area contributed by atoms with Crippen LogP contribution in [-0.2, 0) is 41.3 Å². The van der Waals surface area contributed by atoms with Crippen LogP contribution >= 0.6 is 0 Å². The number of esters is 3. The SMILES string of the molecule is CC(OC(=O)CCCNc1cc(C(F)(F)F)ccc1CN1CCNCC1C(=O)OC(C(F)(F)F)C(F)(F)F)OC(=O)C(C)C. The van der Waals surface area contributed by atoms with Gasteiger partial charge in [0.05, 0.1) is 11.5 Å². The molecule has 0 radical (unpaired) electrons. The number of halogens is 9. The highest BCUT2D eigenvalue weighted by atomic mass is 19.4. The summed E-state index contributed by atoms with van der Waals surface area (Å²) in [6.07, 6.45) is -22.3. The fourth-order valence-corrected chi connectivity index (χ4v) is 3.98. The Morgan fingerprint density at radius 1 is 0.977 bits per heavy atom. The molecule has 1 aromatic carbocycles. The quantitative estimate of drug-likeness (QED) is 0.143. The standard InChI is InChI=1S/C26H32F9N3O6/c1-14(2)21(40)43-15(3)42-20(39)5-4-8-37-18-11-17(24(27,28)29)7-6-16(18)13-38-10-9-36-12-19(38)22(41)44-23(25(30,31)32)26(33,34)35/h6-7,11,14-15,19,23,36-37H,4-5,8-10,12-13H2,1-3H3. The number of alkyl halides is 9. The van der Waals surface area contributed by atoms with Crippen LogP contribution in [-0.4, -0.2) is 79.8 Å². The molecule has 0 aliphatic carbocycles. The molecule has 1 saturated heterocycles. The topological polar surface area (TPSA) is 106 Å². The number of piperazine rings is 1. The van der Waals surface area contributed by atoms with E-state index in [1.807, 2.05) is 0 Å². The van der Waals surface area contributed by atoms with E-state index in [4.69, 9.17) is 9.47 Å². The van der Waals surface area contributed by atoms with Crippen molar-refractivity contribution in [1.82, 2.24) is 10.2 Å². The van der Waals surface area contributed by atoms with Gasteiger partial charge in [-0.2, -0.15) is 39.5 Å². The Bertz CT molecular complexity index is 1130. The Balaban J connectivity index is 2.14. The third-order valence-corrected chi connectivity index (χ3v) is 6.19. The summed E-state index contributed by atoms with van der Waals surface area (Å²) < 4.78 is 132. The molecular weight excluding hydrogens is 621 g/mol.